The minimum Gasteiger partial charge on any atom is -0.495 e. The first-order valence-electron chi connectivity index (χ1n) is 9.40. The Balaban J connectivity index is 2.38. The minimum absolute atomic E-state index is 0.139. The van der Waals surface area contributed by atoms with Crippen molar-refractivity contribution >= 4 is 28.5 Å². The lowest BCUT2D eigenvalue weighted by molar-refractivity contribution is -0.147. The maximum Gasteiger partial charge on any atom is 0.305 e. The molecule has 0 aliphatic rings. The predicted molar refractivity (Wildman–Crippen MR) is 108 cm³/mol. The van der Waals surface area contributed by atoms with Crippen LogP contribution in [0.25, 0.3) is 10.9 Å². The summed E-state index contributed by atoms with van der Waals surface area (Å²) in [6.07, 6.45) is 6.77. The molecule has 1 aromatic carbocycles. The van der Waals surface area contributed by atoms with E-state index in [0.29, 0.717) is 16.5 Å². The van der Waals surface area contributed by atoms with Crippen molar-refractivity contribution in [1.82, 2.24) is 4.98 Å². The van der Waals surface area contributed by atoms with Crippen LogP contribution in [0, 0.1) is 6.92 Å². The lowest BCUT2D eigenvalue weighted by atomic mass is 10.0. The van der Waals surface area contributed by atoms with Gasteiger partial charge in [0, 0.05) is 29.6 Å². The third-order valence-corrected chi connectivity index (χ3v) is 4.80. The molecule has 0 aliphatic carbocycles. The second-order valence-corrected chi connectivity index (χ2v) is 6.98. The Labute approximate surface area is 166 Å². The second kappa shape index (κ2) is 10.4. The average Bonchev–Trinajstić information content (AvgIpc) is 2.63. The quantitative estimate of drug-likeness (QED) is 0.298. The lowest BCUT2D eigenvalue weighted by Gasteiger charge is -2.17. The van der Waals surface area contributed by atoms with E-state index >= 15 is 0 Å². The molecule has 0 aliphatic heterocycles. The first kappa shape index (κ1) is 21.3. The Morgan fingerprint density at radius 2 is 1.93 bits per heavy atom. The molecule has 5 nitrogen and oxygen atoms in total. The number of nitrogens with zero attached hydrogens (tertiary/aromatic N) is 1. The monoisotopic (exact) mass is 393 g/mol. The number of carbonyl (C=O) groups excluding carboxylic acids is 1. The van der Waals surface area contributed by atoms with E-state index in [1.165, 1.54) is 26.2 Å². The van der Waals surface area contributed by atoms with Gasteiger partial charge in [-0.1, -0.05) is 44.2 Å². The maximum absolute atomic E-state index is 11.1. The van der Waals surface area contributed by atoms with Crippen LogP contribution < -0.4 is 9.47 Å². The zero-order chi connectivity index (χ0) is 19.8. The number of esters is 1. The van der Waals surface area contributed by atoms with Crippen molar-refractivity contribution in [2.45, 2.75) is 59.3 Å². The molecular formula is C21H28ClNO4. The number of unbranched alkanes of at least 4 members (excludes halogenated alkanes) is 4. The van der Waals surface area contributed by atoms with Crippen molar-refractivity contribution in [2.24, 2.45) is 0 Å². The number of benzene rings is 1. The van der Waals surface area contributed by atoms with E-state index in [2.05, 4.69) is 6.92 Å². The number of hydrogen-bond donors (Lipinski definition) is 0. The number of carbonyl (C=O) groups is 1. The van der Waals surface area contributed by atoms with Gasteiger partial charge in [0.25, 0.3) is 0 Å². The molecule has 0 bridgehead atoms. The molecule has 0 N–H and O–H groups in total. The number of fused-ring (bicyclic) bond motifs is 1. The topological polar surface area (TPSA) is 57.6 Å². The van der Waals surface area contributed by atoms with E-state index in [1.54, 1.807) is 19.2 Å². The Morgan fingerprint density at radius 3 is 2.59 bits per heavy atom. The van der Waals surface area contributed by atoms with E-state index < -0.39 is 0 Å². The van der Waals surface area contributed by atoms with Crippen LogP contribution in [-0.2, 0) is 16.0 Å². The van der Waals surface area contributed by atoms with Gasteiger partial charge in [-0.15, -0.1) is 0 Å². The molecule has 0 saturated heterocycles. The normalized spacial score (nSPS) is 10.9. The minimum atomic E-state index is -0.383. The molecule has 0 saturated carbocycles. The largest absolute Gasteiger partial charge is 0.495 e. The zero-order valence-electron chi connectivity index (χ0n) is 16.6. The number of halogens is 1. The fraction of sp³-hybridized carbons (Fsp3) is 0.524. The summed E-state index contributed by atoms with van der Waals surface area (Å²) in [6.45, 7) is 5.40. The van der Waals surface area contributed by atoms with Crippen LogP contribution in [0.5, 0.6) is 11.5 Å². The van der Waals surface area contributed by atoms with Gasteiger partial charge in [0.05, 0.1) is 17.6 Å². The molecule has 148 valence electrons. The average molecular weight is 394 g/mol. The third-order valence-electron chi connectivity index (χ3n) is 4.51. The molecule has 0 amide bonds. The summed E-state index contributed by atoms with van der Waals surface area (Å²) in [5.41, 5.74) is 2.67. The van der Waals surface area contributed by atoms with Gasteiger partial charge in [-0.3, -0.25) is 9.78 Å². The molecule has 0 spiro atoms. The smallest absolute Gasteiger partial charge is 0.305 e. The number of rotatable bonds is 10. The van der Waals surface area contributed by atoms with Gasteiger partial charge < -0.3 is 14.2 Å². The summed E-state index contributed by atoms with van der Waals surface area (Å²) in [4.78, 5) is 15.8. The highest BCUT2D eigenvalue weighted by Gasteiger charge is 2.17. The molecule has 0 radical (unpaired) electrons. The Hall–Kier alpha value is -2.01. The number of pyridine rings is 1. The standard InChI is InChI=1S/C21H28ClNO4/c1-5-6-7-8-9-10-16-14(2)23-19-12-20(25-4)18(22)11-17(19)21(16)27-13-26-15(3)24/h11-12H,5-10,13H2,1-4H3. The Kier molecular flexibility index (Phi) is 8.17. The summed E-state index contributed by atoms with van der Waals surface area (Å²) < 4.78 is 16.1. The molecule has 2 aromatic rings. The van der Waals surface area contributed by atoms with Crippen molar-refractivity contribution in [3.05, 3.63) is 28.4 Å². The van der Waals surface area contributed by atoms with Crippen molar-refractivity contribution in [2.75, 3.05) is 13.9 Å². The molecule has 1 heterocycles. The molecule has 0 unspecified atom stereocenters. The summed E-state index contributed by atoms with van der Waals surface area (Å²) in [5, 5.41) is 1.28. The summed E-state index contributed by atoms with van der Waals surface area (Å²) in [6, 6.07) is 3.60. The number of hydrogen-bond acceptors (Lipinski definition) is 5. The van der Waals surface area contributed by atoms with Crippen LogP contribution in [0.15, 0.2) is 12.1 Å². The summed E-state index contributed by atoms with van der Waals surface area (Å²) in [7, 11) is 1.57. The van der Waals surface area contributed by atoms with Crippen molar-refractivity contribution in [3.8, 4) is 11.5 Å². The molecule has 27 heavy (non-hydrogen) atoms. The third kappa shape index (κ3) is 5.73. The maximum atomic E-state index is 11.1. The van der Waals surface area contributed by atoms with Gasteiger partial charge in [-0.25, -0.2) is 0 Å². The molecule has 6 heteroatoms. The van der Waals surface area contributed by atoms with Gasteiger partial charge in [-0.2, -0.15) is 0 Å². The highest BCUT2D eigenvalue weighted by Crippen LogP contribution is 2.37. The van der Waals surface area contributed by atoms with Crippen LogP contribution in [0.1, 0.15) is 57.2 Å². The molecular weight excluding hydrogens is 366 g/mol. The second-order valence-electron chi connectivity index (χ2n) is 6.57. The van der Waals surface area contributed by atoms with Gasteiger partial charge >= 0.3 is 5.97 Å². The van der Waals surface area contributed by atoms with Gasteiger partial charge in [0.2, 0.25) is 6.79 Å². The van der Waals surface area contributed by atoms with E-state index in [9.17, 15) is 4.79 Å². The van der Waals surface area contributed by atoms with E-state index in [-0.39, 0.29) is 12.8 Å². The van der Waals surface area contributed by atoms with Gasteiger partial charge in [0.15, 0.2) is 0 Å². The number of ether oxygens (including phenoxy) is 3. The molecule has 0 fully saturated rings. The van der Waals surface area contributed by atoms with Crippen LogP contribution >= 0.6 is 11.6 Å². The van der Waals surface area contributed by atoms with E-state index in [0.717, 1.165) is 41.4 Å². The van der Waals surface area contributed by atoms with Gasteiger partial charge in [-0.05, 0) is 25.8 Å². The zero-order valence-corrected chi connectivity index (χ0v) is 17.3. The highest BCUT2D eigenvalue weighted by molar-refractivity contribution is 6.33. The Bertz CT molecular complexity index is 792. The van der Waals surface area contributed by atoms with Crippen molar-refractivity contribution < 1.29 is 19.0 Å². The number of aromatic nitrogens is 1. The van der Waals surface area contributed by atoms with Crippen LogP contribution in [0.3, 0.4) is 0 Å². The molecule has 1 aromatic heterocycles. The number of aryl methyl sites for hydroxylation is 1. The van der Waals surface area contributed by atoms with Crippen LogP contribution in [-0.4, -0.2) is 24.9 Å². The fourth-order valence-corrected chi connectivity index (χ4v) is 3.33. The Morgan fingerprint density at radius 1 is 1.19 bits per heavy atom. The van der Waals surface area contributed by atoms with Crippen molar-refractivity contribution in [1.29, 1.82) is 0 Å². The first-order chi connectivity index (χ1) is 13.0. The first-order valence-corrected chi connectivity index (χ1v) is 9.78. The predicted octanol–water partition coefficient (Wildman–Crippen LogP) is 5.62. The summed E-state index contributed by atoms with van der Waals surface area (Å²) in [5.74, 6) is 0.860. The van der Waals surface area contributed by atoms with Gasteiger partial charge in [0.1, 0.15) is 11.5 Å². The SMILES string of the molecule is CCCCCCCc1c(C)nc2cc(OC)c(Cl)cc2c1OCOC(C)=O. The highest BCUT2D eigenvalue weighted by atomic mass is 35.5. The van der Waals surface area contributed by atoms with E-state index in [4.69, 9.17) is 30.8 Å². The summed E-state index contributed by atoms with van der Waals surface area (Å²) >= 11 is 6.32. The van der Waals surface area contributed by atoms with Crippen LogP contribution in [0.2, 0.25) is 5.02 Å². The molecule has 2 rings (SSSR count). The molecule has 0 atom stereocenters. The van der Waals surface area contributed by atoms with Crippen molar-refractivity contribution in [3.63, 3.8) is 0 Å². The van der Waals surface area contributed by atoms with Crippen LogP contribution in [0.4, 0.5) is 0 Å². The fourth-order valence-electron chi connectivity index (χ4n) is 3.08. The number of methoxy groups -OCH3 is 1. The van der Waals surface area contributed by atoms with E-state index in [1.807, 2.05) is 6.92 Å². The lowest BCUT2D eigenvalue weighted by Crippen LogP contribution is -2.10.